The number of nitrogens with one attached hydrogen (secondary N) is 1. The fourth-order valence-electron chi connectivity index (χ4n) is 4.90. The van der Waals surface area contributed by atoms with Crippen LogP contribution >= 0.6 is 0 Å². The molecule has 0 radical (unpaired) electrons. The maximum atomic E-state index is 13.7. The highest BCUT2D eigenvalue weighted by Crippen LogP contribution is 2.29. The van der Waals surface area contributed by atoms with Crippen molar-refractivity contribution in [3.8, 4) is 0 Å². The summed E-state index contributed by atoms with van der Waals surface area (Å²) in [4.78, 5) is 22.7. The van der Waals surface area contributed by atoms with E-state index in [0.29, 0.717) is 6.54 Å². The van der Waals surface area contributed by atoms with Crippen LogP contribution in [0.15, 0.2) is 30.3 Å². The van der Waals surface area contributed by atoms with Crippen LogP contribution in [-0.4, -0.2) is 58.1 Å². The van der Waals surface area contributed by atoms with Crippen molar-refractivity contribution in [2.45, 2.75) is 71.4 Å². The number of aryl methyl sites for hydroxylation is 2. The lowest BCUT2D eigenvalue weighted by Gasteiger charge is -2.27. The molecule has 36 heavy (non-hydrogen) atoms. The van der Waals surface area contributed by atoms with E-state index in [2.05, 4.69) is 36.3 Å². The summed E-state index contributed by atoms with van der Waals surface area (Å²) in [5.74, 6) is 1.80. The largest absolute Gasteiger partial charge is 0.368 e. The number of rotatable bonds is 4. The van der Waals surface area contributed by atoms with Crippen LogP contribution in [0.2, 0.25) is 0 Å². The quantitative estimate of drug-likeness (QED) is 0.555. The molecule has 1 aliphatic rings. The van der Waals surface area contributed by atoms with Gasteiger partial charge in [0, 0.05) is 50.4 Å². The molecule has 1 aromatic carbocycles. The van der Waals surface area contributed by atoms with Crippen molar-refractivity contribution in [2.24, 2.45) is 5.73 Å². The van der Waals surface area contributed by atoms with E-state index in [1.807, 2.05) is 55.4 Å². The van der Waals surface area contributed by atoms with Crippen LogP contribution < -0.4 is 16.0 Å². The number of carbonyl (C=O) groups is 1. The predicted octanol–water partition coefficient (Wildman–Crippen LogP) is 4.57. The van der Waals surface area contributed by atoms with Crippen LogP contribution in [-0.2, 0) is 6.42 Å². The van der Waals surface area contributed by atoms with Crippen molar-refractivity contribution in [1.29, 1.82) is 0 Å². The first-order valence-electron chi connectivity index (χ1n) is 13.1. The molecule has 1 amide bonds. The molecule has 2 aromatic heterocycles. The highest BCUT2D eigenvalue weighted by Gasteiger charge is 2.27. The Bertz CT molecular complexity index is 1230. The third kappa shape index (κ3) is 5.64. The lowest BCUT2D eigenvalue weighted by atomic mass is 9.97. The summed E-state index contributed by atoms with van der Waals surface area (Å²) in [5, 5.41) is 8.38. The molecule has 1 unspecified atom stereocenters. The minimum Gasteiger partial charge on any atom is -0.368 e. The highest BCUT2D eigenvalue weighted by atomic mass is 16.2. The van der Waals surface area contributed by atoms with Crippen molar-refractivity contribution in [2.75, 3.05) is 37.4 Å². The minimum absolute atomic E-state index is 0.0466. The van der Waals surface area contributed by atoms with Crippen LogP contribution in [0.4, 0.5) is 11.6 Å². The van der Waals surface area contributed by atoms with E-state index in [4.69, 9.17) is 15.8 Å². The summed E-state index contributed by atoms with van der Waals surface area (Å²) in [6.45, 7) is 9.64. The summed E-state index contributed by atoms with van der Waals surface area (Å²) in [7, 11) is 4.00. The number of anilines is 2. The Labute approximate surface area is 214 Å². The van der Waals surface area contributed by atoms with Gasteiger partial charge < -0.3 is 20.9 Å². The van der Waals surface area contributed by atoms with Crippen molar-refractivity contribution in [3.05, 3.63) is 52.7 Å². The van der Waals surface area contributed by atoms with E-state index in [-0.39, 0.29) is 17.5 Å². The molecule has 0 fully saturated rings. The number of carbonyl (C=O) groups excluding carboxylic acids is 1. The second kappa shape index (κ2) is 10.5. The topological polar surface area (TPSA) is 91.8 Å². The molecule has 2 bridgehead atoms. The number of nitrogens with two attached hydrogens (primary N) is 1. The molecule has 3 N–H and O–H groups in total. The number of fused-ring (bicyclic) bond motifs is 2. The molecular weight excluding hydrogens is 450 g/mol. The molecule has 8 nitrogen and oxygen atoms in total. The third-order valence-corrected chi connectivity index (χ3v) is 6.99. The Morgan fingerprint density at radius 3 is 2.64 bits per heavy atom. The van der Waals surface area contributed by atoms with Crippen molar-refractivity contribution >= 4 is 23.2 Å². The summed E-state index contributed by atoms with van der Waals surface area (Å²) in [6.07, 6.45) is 4.85. The van der Waals surface area contributed by atoms with Crippen molar-refractivity contribution in [3.63, 3.8) is 0 Å². The summed E-state index contributed by atoms with van der Waals surface area (Å²) in [6, 6.07) is 10.2. The van der Waals surface area contributed by atoms with E-state index >= 15 is 0 Å². The fourth-order valence-corrected chi connectivity index (χ4v) is 4.90. The van der Waals surface area contributed by atoms with Crippen LogP contribution in [0, 0.1) is 6.92 Å². The molecule has 0 spiro atoms. The zero-order valence-corrected chi connectivity index (χ0v) is 22.6. The first-order chi connectivity index (χ1) is 17.1. The molecular formula is C28H41N7O. The molecule has 1 aliphatic heterocycles. The monoisotopic (exact) mass is 491 g/mol. The molecule has 0 saturated carbocycles. The highest BCUT2D eigenvalue weighted by molar-refractivity contribution is 5.96. The van der Waals surface area contributed by atoms with E-state index in [1.54, 1.807) is 0 Å². The van der Waals surface area contributed by atoms with Crippen LogP contribution in [0.1, 0.15) is 79.7 Å². The summed E-state index contributed by atoms with van der Waals surface area (Å²) in [5.41, 5.74) is 10.5. The Kier molecular flexibility index (Phi) is 7.54. The Morgan fingerprint density at radius 1 is 1.14 bits per heavy atom. The van der Waals surface area contributed by atoms with E-state index < -0.39 is 0 Å². The Balaban J connectivity index is 1.80. The Hall–Kier alpha value is -3.13. The zero-order valence-electron chi connectivity index (χ0n) is 22.6. The van der Waals surface area contributed by atoms with E-state index in [9.17, 15) is 4.79 Å². The van der Waals surface area contributed by atoms with Gasteiger partial charge in [0.2, 0.25) is 0 Å². The third-order valence-electron chi connectivity index (χ3n) is 6.99. The van der Waals surface area contributed by atoms with Gasteiger partial charge in [-0.3, -0.25) is 4.79 Å². The van der Waals surface area contributed by atoms with Gasteiger partial charge in [0.25, 0.3) is 5.91 Å². The van der Waals surface area contributed by atoms with Crippen molar-refractivity contribution < 1.29 is 4.79 Å². The number of nitrogens with zero attached hydrogens (tertiary/aromatic N) is 5. The number of benzene rings is 1. The smallest absolute Gasteiger partial charge is 0.254 e. The molecule has 3 aromatic rings. The maximum Gasteiger partial charge on any atom is 0.254 e. The van der Waals surface area contributed by atoms with Gasteiger partial charge in [-0.2, -0.15) is 9.61 Å². The number of hydrogen-bond donors (Lipinski definition) is 2. The molecule has 0 saturated heterocycles. The zero-order chi connectivity index (χ0) is 26.0. The number of aromatic nitrogens is 3. The van der Waals surface area contributed by atoms with E-state index in [1.165, 1.54) is 0 Å². The van der Waals surface area contributed by atoms with Gasteiger partial charge in [0.05, 0.1) is 11.7 Å². The van der Waals surface area contributed by atoms with Gasteiger partial charge in [-0.15, -0.1) is 0 Å². The normalized spacial score (nSPS) is 17.8. The minimum atomic E-state index is -0.357. The maximum absolute atomic E-state index is 13.7. The van der Waals surface area contributed by atoms with E-state index in [0.717, 1.165) is 78.3 Å². The fraction of sp³-hybridized carbons (Fsp3) is 0.536. The van der Waals surface area contributed by atoms with Gasteiger partial charge in [0.15, 0.2) is 5.65 Å². The summed E-state index contributed by atoms with van der Waals surface area (Å²) < 4.78 is 1.91. The second-order valence-electron chi connectivity index (χ2n) is 10.9. The van der Waals surface area contributed by atoms with Crippen LogP contribution in [0.3, 0.4) is 0 Å². The molecule has 3 heterocycles. The second-order valence-corrected chi connectivity index (χ2v) is 10.9. The van der Waals surface area contributed by atoms with Crippen LogP contribution in [0.25, 0.3) is 5.65 Å². The van der Waals surface area contributed by atoms with Gasteiger partial charge in [-0.25, -0.2) is 4.98 Å². The standard InChI is InChI=1S/C28H41N7O/c1-7-23-22-16-25-31-24(30-18-28(3,4)29)17-26(35(25)32-22)33(5)14-10-8-9-11-20-13-12-19(2)15-21(20)27(36)34(23)6/h12-13,15-17,23H,7-11,14,18,29H2,1-6H3,(H,30,31). The first-order valence-corrected chi connectivity index (χ1v) is 13.1. The average Bonchev–Trinajstić information content (AvgIpc) is 3.25. The predicted molar refractivity (Wildman–Crippen MR) is 147 cm³/mol. The van der Waals surface area contributed by atoms with Gasteiger partial charge >= 0.3 is 0 Å². The molecule has 0 aliphatic carbocycles. The Morgan fingerprint density at radius 2 is 1.92 bits per heavy atom. The lowest BCUT2D eigenvalue weighted by Crippen LogP contribution is -2.39. The van der Waals surface area contributed by atoms with Gasteiger partial charge in [0.1, 0.15) is 11.6 Å². The van der Waals surface area contributed by atoms with Gasteiger partial charge in [-0.1, -0.05) is 31.0 Å². The molecule has 8 heteroatoms. The lowest BCUT2D eigenvalue weighted by molar-refractivity contribution is 0.0721. The van der Waals surface area contributed by atoms with Crippen molar-refractivity contribution in [1.82, 2.24) is 19.5 Å². The number of amides is 1. The van der Waals surface area contributed by atoms with Gasteiger partial charge in [-0.05, 0) is 58.1 Å². The average molecular weight is 492 g/mol. The summed E-state index contributed by atoms with van der Waals surface area (Å²) >= 11 is 0. The van der Waals surface area contributed by atoms with Crippen LogP contribution in [0.5, 0.6) is 0 Å². The molecule has 1 atom stereocenters. The molecule has 194 valence electrons. The first kappa shape index (κ1) is 25.9. The number of hydrogen-bond acceptors (Lipinski definition) is 6. The molecule has 4 rings (SSSR count). The SMILES string of the molecule is CCC1c2cc3nc(NCC(C)(C)N)cc(n3n2)N(C)CCCCCc2ccc(C)cc2C(=O)N1C.